The first-order valence-electron chi connectivity index (χ1n) is 9.41. The summed E-state index contributed by atoms with van der Waals surface area (Å²) in [5, 5.41) is 18.1. The predicted octanol–water partition coefficient (Wildman–Crippen LogP) is 4.04. The highest BCUT2D eigenvalue weighted by Crippen LogP contribution is 2.29. The standard InChI is InChI=1S/C21H19ClN4O6/c1-13-21(26(29)30)14(2)25(24-13)11-20(28)31-12-19(27)23-15-7-9-16(10-8-15)32-18-6-4-3-5-17(18)22/h3-10H,11-12H2,1-2H3,(H,23,27). The van der Waals surface area contributed by atoms with E-state index < -0.39 is 23.4 Å². The number of halogens is 1. The number of anilines is 1. The van der Waals surface area contributed by atoms with Crippen LogP contribution >= 0.6 is 11.6 Å². The van der Waals surface area contributed by atoms with Gasteiger partial charge in [0.25, 0.3) is 5.91 Å². The van der Waals surface area contributed by atoms with Crippen molar-refractivity contribution in [1.29, 1.82) is 0 Å². The lowest BCUT2D eigenvalue weighted by Gasteiger charge is -2.09. The van der Waals surface area contributed by atoms with Crippen LogP contribution in [0.2, 0.25) is 5.02 Å². The molecule has 0 saturated heterocycles. The van der Waals surface area contributed by atoms with E-state index in [1.165, 1.54) is 18.5 Å². The minimum Gasteiger partial charge on any atom is -0.456 e. The van der Waals surface area contributed by atoms with Crippen molar-refractivity contribution in [2.45, 2.75) is 20.4 Å². The number of benzene rings is 2. The Morgan fingerprint density at radius 1 is 1.16 bits per heavy atom. The number of hydrogen-bond acceptors (Lipinski definition) is 7. The molecule has 32 heavy (non-hydrogen) atoms. The van der Waals surface area contributed by atoms with Gasteiger partial charge in [0.2, 0.25) is 0 Å². The van der Waals surface area contributed by atoms with Gasteiger partial charge in [-0.25, -0.2) is 0 Å². The van der Waals surface area contributed by atoms with Crippen molar-refractivity contribution in [2.24, 2.45) is 0 Å². The van der Waals surface area contributed by atoms with Crippen LogP contribution in [0.1, 0.15) is 11.4 Å². The summed E-state index contributed by atoms with van der Waals surface area (Å²) in [7, 11) is 0. The smallest absolute Gasteiger partial charge is 0.328 e. The topological polar surface area (TPSA) is 126 Å². The largest absolute Gasteiger partial charge is 0.456 e. The average molecular weight is 459 g/mol. The molecular formula is C21H19ClN4O6. The molecule has 3 rings (SSSR count). The number of esters is 1. The van der Waals surface area contributed by atoms with Gasteiger partial charge in [-0.15, -0.1) is 0 Å². The molecular weight excluding hydrogens is 440 g/mol. The summed E-state index contributed by atoms with van der Waals surface area (Å²) in [5.74, 6) is -0.256. The minimum atomic E-state index is -0.746. The number of carbonyl (C=O) groups excluding carboxylic acids is 2. The quantitative estimate of drug-likeness (QED) is 0.306. The van der Waals surface area contributed by atoms with E-state index in [1.807, 2.05) is 0 Å². The molecule has 1 amide bonds. The Hall–Kier alpha value is -3.92. The maximum absolute atomic E-state index is 12.1. The summed E-state index contributed by atoms with van der Waals surface area (Å²) >= 11 is 6.06. The summed E-state index contributed by atoms with van der Waals surface area (Å²) in [4.78, 5) is 34.5. The van der Waals surface area contributed by atoms with Gasteiger partial charge >= 0.3 is 11.7 Å². The highest BCUT2D eigenvalue weighted by atomic mass is 35.5. The third-order valence-electron chi connectivity index (χ3n) is 4.37. The molecule has 1 N–H and O–H groups in total. The van der Waals surface area contributed by atoms with Gasteiger partial charge in [0.1, 0.15) is 29.4 Å². The number of para-hydroxylation sites is 1. The van der Waals surface area contributed by atoms with Gasteiger partial charge < -0.3 is 14.8 Å². The third-order valence-corrected chi connectivity index (χ3v) is 4.68. The first-order chi connectivity index (χ1) is 15.2. The summed E-state index contributed by atoms with van der Waals surface area (Å²) < 4.78 is 11.8. The Kier molecular flexibility index (Phi) is 7.06. The SMILES string of the molecule is Cc1nn(CC(=O)OCC(=O)Nc2ccc(Oc3ccccc3Cl)cc2)c(C)c1[N+](=O)[O-]. The Morgan fingerprint density at radius 2 is 1.84 bits per heavy atom. The van der Waals surface area contributed by atoms with E-state index in [2.05, 4.69) is 10.4 Å². The molecule has 0 atom stereocenters. The highest BCUT2D eigenvalue weighted by Gasteiger charge is 2.23. The molecule has 0 radical (unpaired) electrons. The predicted molar refractivity (Wildman–Crippen MR) is 116 cm³/mol. The van der Waals surface area contributed by atoms with Crippen LogP contribution in [0.4, 0.5) is 11.4 Å². The van der Waals surface area contributed by atoms with Crippen molar-refractivity contribution in [3.8, 4) is 11.5 Å². The maximum Gasteiger partial charge on any atom is 0.328 e. The van der Waals surface area contributed by atoms with Crippen LogP contribution in [0.15, 0.2) is 48.5 Å². The van der Waals surface area contributed by atoms with Crippen molar-refractivity contribution >= 4 is 34.9 Å². The molecule has 0 unspecified atom stereocenters. The second-order valence-corrected chi connectivity index (χ2v) is 7.11. The second kappa shape index (κ2) is 9.92. The third kappa shape index (κ3) is 5.61. The van der Waals surface area contributed by atoms with Crippen molar-refractivity contribution in [3.05, 3.63) is 75.1 Å². The van der Waals surface area contributed by atoms with Gasteiger partial charge in [0.05, 0.1) is 9.95 Å². The molecule has 0 aliphatic carbocycles. The van der Waals surface area contributed by atoms with E-state index >= 15 is 0 Å². The molecule has 0 bridgehead atoms. The number of nitrogens with zero attached hydrogens (tertiary/aromatic N) is 3. The fourth-order valence-corrected chi connectivity index (χ4v) is 3.05. The summed E-state index contributed by atoms with van der Waals surface area (Å²) in [5.41, 5.74) is 0.747. The molecule has 1 heterocycles. The van der Waals surface area contributed by atoms with Crippen molar-refractivity contribution in [1.82, 2.24) is 9.78 Å². The molecule has 11 heteroatoms. The van der Waals surface area contributed by atoms with Crippen LogP contribution in [0.3, 0.4) is 0 Å². The van der Waals surface area contributed by atoms with Crippen LogP contribution < -0.4 is 10.1 Å². The first-order valence-corrected chi connectivity index (χ1v) is 9.78. The van der Waals surface area contributed by atoms with Gasteiger partial charge in [-0.3, -0.25) is 24.4 Å². The normalized spacial score (nSPS) is 10.5. The number of nitrogens with one attached hydrogen (secondary N) is 1. The van der Waals surface area contributed by atoms with E-state index in [4.69, 9.17) is 21.1 Å². The summed E-state index contributed by atoms with van der Waals surface area (Å²) in [6.45, 7) is 2.10. The zero-order chi connectivity index (χ0) is 23.3. The fraction of sp³-hybridized carbons (Fsp3) is 0.190. The van der Waals surface area contributed by atoms with Gasteiger partial charge in [0.15, 0.2) is 6.61 Å². The molecule has 0 aliphatic rings. The lowest BCUT2D eigenvalue weighted by molar-refractivity contribution is -0.386. The number of aromatic nitrogens is 2. The van der Waals surface area contributed by atoms with Gasteiger partial charge in [0, 0.05) is 5.69 Å². The van der Waals surface area contributed by atoms with Gasteiger partial charge in [-0.1, -0.05) is 23.7 Å². The number of amides is 1. The van der Waals surface area contributed by atoms with Gasteiger partial charge in [-0.05, 0) is 50.2 Å². The Labute approximate surface area is 187 Å². The Morgan fingerprint density at radius 3 is 2.47 bits per heavy atom. The molecule has 10 nitrogen and oxygen atoms in total. The number of aryl methyl sites for hydroxylation is 1. The van der Waals surface area contributed by atoms with Crippen molar-refractivity contribution in [2.75, 3.05) is 11.9 Å². The fourth-order valence-electron chi connectivity index (χ4n) is 2.88. The maximum atomic E-state index is 12.1. The number of carbonyl (C=O) groups is 2. The van der Waals surface area contributed by atoms with Crippen LogP contribution in [0.5, 0.6) is 11.5 Å². The van der Waals surface area contributed by atoms with Crippen molar-refractivity contribution in [3.63, 3.8) is 0 Å². The highest BCUT2D eigenvalue weighted by molar-refractivity contribution is 6.32. The molecule has 2 aromatic carbocycles. The van der Waals surface area contributed by atoms with E-state index in [9.17, 15) is 19.7 Å². The average Bonchev–Trinajstić information content (AvgIpc) is 3.02. The Balaban J connectivity index is 1.49. The number of rotatable bonds is 8. The second-order valence-electron chi connectivity index (χ2n) is 6.70. The van der Waals surface area contributed by atoms with Gasteiger partial charge in [-0.2, -0.15) is 5.10 Å². The zero-order valence-electron chi connectivity index (χ0n) is 17.2. The monoisotopic (exact) mass is 458 g/mol. The molecule has 166 valence electrons. The molecule has 1 aromatic heterocycles. The lowest BCUT2D eigenvalue weighted by Crippen LogP contribution is -2.23. The van der Waals surface area contributed by atoms with E-state index in [0.717, 1.165) is 0 Å². The molecule has 0 spiro atoms. The van der Waals surface area contributed by atoms with Crippen molar-refractivity contribution < 1.29 is 24.0 Å². The molecule has 0 saturated carbocycles. The summed E-state index contributed by atoms with van der Waals surface area (Å²) in [6, 6.07) is 13.6. The lowest BCUT2D eigenvalue weighted by atomic mass is 10.3. The van der Waals surface area contributed by atoms with Crippen LogP contribution in [-0.2, 0) is 20.9 Å². The van der Waals surface area contributed by atoms with Crippen LogP contribution in [0, 0.1) is 24.0 Å². The minimum absolute atomic E-state index is 0.155. The Bertz CT molecular complexity index is 1160. The number of ether oxygens (including phenoxy) is 2. The van der Waals surface area contributed by atoms with E-state index in [0.29, 0.717) is 22.2 Å². The number of nitro groups is 1. The zero-order valence-corrected chi connectivity index (χ0v) is 18.0. The van der Waals surface area contributed by atoms with Crippen LogP contribution in [0.25, 0.3) is 0 Å². The van der Waals surface area contributed by atoms with E-state index in [1.54, 1.807) is 48.5 Å². The molecule has 0 aliphatic heterocycles. The summed E-state index contributed by atoms with van der Waals surface area (Å²) in [6.07, 6.45) is 0. The number of hydrogen-bond donors (Lipinski definition) is 1. The molecule has 0 fully saturated rings. The van der Waals surface area contributed by atoms with Crippen LogP contribution in [-0.4, -0.2) is 33.2 Å². The molecule has 3 aromatic rings. The first kappa shape index (κ1) is 22.8. The van der Waals surface area contributed by atoms with E-state index in [-0.39, 0.29) is 23.6 Å².